The van der Waals surface area contributed by atoms with Gasteiger partial charge in [0, 0.05) is 10.9 Å². The number of benzene rings is 3. The molecular formula is C27H23N3O6. The van der Waals surface area contributed by atoms with Crippen LogP contribution in [0.5, 0.6) is 5.75 Å². The van der Waals surface area contributed by atoms with Gasteiger partial charge < -0.3 is 14.2 Å². The van der Waals surface area contributed by atoms with Crippen LogP contribution in [0.2, 0.25) is 0 Å². The second kappa shape index (κ2) is 11.0. The molecule has 0 aliphatic heterocycles. The monoisotopic (exact) mass is 485 g/mol. The van der Waals surface area contributed by atoms with Gasteiger partial charge in [-0.3, -0.25) is 10.2 Å². The number of carbonyl (C=O) groups is 3. The summed E-state index contributed by atoms with van der Waals surface area (Å²) in [7, 11) is 2.45. The van der Waals surface area contributed by atoms with Crippen LogP contribution in [0.3, 0.4) is 0 Å². The number of fused-ring (bicyclic) bond motifs is 1. The van der Waals surface area contributed by atoms with E-state index in [1.54, 1.807) is 54.6 Å². The first-order valence-corrected chi connectivity index (χ1v) is 11.0. The van der Waals surface area contributed by atoms with Crippen molar-refractivity contribution in [1.82, 2.24) is 10.4 Å². The first kappa shape index (κ1) is 24.2. The van der Waals surface area contributed by atoms with Gasteiger partial charge in [0.1, 0.15) is 5.69 Å². The maximum absolute atomic E-state index is 13.8. The molecule has 9 heteroatoms. The van der Waals surface area contributed by atoms with E-state index in [2.05, 4.69) is 5.43 Å². The number of anilines is 1. The van der Waals surface area contributed by atoms with Crippen molar-refractivity contribution >= 4 is 34.6 Å². The van der Waals surface area contributed by atoms with E-state index < -0.39 is 24.6 Å². The van der Waals surface area contributed by atoms with Crippen LogP contribution in [0.1, 0.15) is 10.4 Å². The molecule has 36 heavy (non-hydrogen) atoms. The zero-order valence-corrected chi connectivity index (χ0v) is 19.6. The first-order chi connectivity index (χ1) is 17.5. The van der Waals surface area contributed by atoms with E-state index in [0.717, 1.165) is 5.01 Å². The molecule has 4 rings (SSSR count). The molecule has 4 aromatic rings. The third kappa shape index (κ3) is 5.10. The number of aromatic nitrogens is 1. The van der Waals surface area contributed by atoms with E-state index in [1.807, 2.05) is 30.3 Å². The minimum Gasteiger partial charge on any atom is -0.479 e. The van der Waals surface area contributed by atoms with Gasteiger partial charge in [-0.2, -0.15) is 5.01 Å². The fraction of sp³-hybridized carbons (Fsp3) is 0.111. The Hall–Kier alpha value is -4.92. The Labute approximate surface area is 207 Å². The van der Waals surface area contributed by atoms with Crippen LogP contribution in [0, 0.1) is 0 Å². The molecule has 0 unspecified atom stereocenters. The Morgan fingerprint density at radius 2 is 1.47 bits per heavy atom. The van der Waals surface area contributed by atoms with Crippen LogP contribution in [0.15, 0.2) is 84.9 Å². The average molecular weight is 485 g/mol. The molecule has 0 fully saturated rings. The Morgan fingerprint density at radius 3 is 2.14 bits per heavy atom. The minimum absolute atomic E-state index is 0.0701. The van der Waals surface area contributed by atoms with Crippen molar-refractivity contribution in [3.8, 4) is 17.0 Å². The molecule has 0 atom stereocenters. The number of nitrogens with zero attached hydrogens (tertiary/aromatic N) is 2. The second-order valence-corrected chi connectivity index (χ2v) is 7.49. The van der Waals surface area contributed by atoms with Crippen molar-refractivity contribution in [2.45, 2.75) is 0 Å². The van der Waals surface area contributed by atoms with Gasteiger partial charge in [-0.15, -0.1) is 0 Å². The molecule has 0 bridgehead atoms. The van der Waals surface area contributed by atoms with Crippen LogP contribution in [0.25, 0.3) is 22.2 Å². The third-order valence-electron chi connectivity index (χ3n) is 5.27. The Morgan fingerprint density at radius 1 is 0.833 bits per heavy atom. The molecule has 0 saturated heterocycles. The van der Waals surface area contributed by atoms with Gasteiger partial charge in [0.2, 0.25) is 0 Å². The lowest BCUT2D eigenvalue weighted by atomic mass is 10.0. The number of hydrazine groups is 1. The van der Waals surface area contributed by atoms with Crippen LogP contribution < -0.4 is 15.2 Å². The number of ether oxygens (including phenoxy) is 3. The van der Waals surface area contributed by atoms with Gasteiger partial charge >= 0.3 is 12.1 Å². The number of para-hydroxylation sites is 2. The number of nitrogens with one attached hydrogen (secondary N) is 1. The summed E-state index contributed by atoms with van der Waals surface area (Å²) in [5, 5.41) is 1.46. The van der Waals surface area contributed by atoms with E-state index in [0.29, 0.717) is 27.8 Å². The fourth-order valence-corrected chi connectivity index (χ4v) is 3.58. The molecule has 0 saturated carbocycles. The lowest BCUT2D eigenvalue weighted by Gasteiger charge is -2.23. The molecular weight excluding hydrogens is 462 g/mol. The predicted molar refractivity (Wildman–Crippen MR) is 133 cm³/mol. The molecule has 182 valence electrons. The highest BCUT2D eigenvalue weighted by atomic mass is 16.6. The van der Waals surface area contributed by atoms with Gasteiger partial charge in [-0.1, -0.05) is 66.7 Å². The number of amides is 2. The quantitative estimate of drug-likeness (QED) is 0.319. The maximum atomic E-state index is 13.8. The van der Waals surface area contributed by atoms with Crippen LogP contribution in [0.4, 0.5) is 10.5 Å². The lowest BCUT2D eigenvalue weighted by Crippen LogP contribution is -2.46. The summed E-state index contributed by atoms with van der Waals surface area (Å²) >= 11 is 0. The largest absolute Gasteiger partial charge is 0.479 e. The molecule has 3 aromatic carbocycles. The molecule has 9 nitrogen and oxygen atoms in total. The van der Waals surface area contributed by atoms with Crippen LogP contribution in [-0.4, -0.2) is 43.8 Å². The van der Waals surface area contributed by atoms with Gasteiger partial charge in [-0.05, 0) is 18.2 Å². The molecule has 2 amide bonds. The summed E-state index contributed by atoms with van der Waals surface area (Å²) in [4.78, 5) is 43.0. The van der Waals surface area contributed by atoms with Crippen molar-refractivity contribution in [2.24, 2.45) is 0 Å². The number of hydrogen-bond acceptors (Lipinski definition) is 7. The third-order valence-corrected chi connectivity index (χ3v) is 5.27. The van der Waals surface area contributed by atoms with Gasteiger partial charge in [0.25, 0.3) is 5.91 Å². The highest BCUT2D eigenvalue weighted by Crippen LogP contribution is 2.36. The van der Waals surface area contributed by atoms with Gasteiger partial charge in [0.05, 0.1) is 31.0 Å². The summed E-state index contributed by atoms with van der Waals surface area (Å²) in [5.74, 6) is -1.23. The summed E-state index contributed by atoms with van der Waals surface area (Å²) in [6.07, 6.45) is -0.798. The number of methoxy groups -OCH3 is 2. The maximum Gasteiger partial charge on any atom is 0.433 e. The van der Waals surface area contributed by atoms with E-state index in [4.69, 9.17) is 19.2 Å². The van der Waals surface area contributed by atoms with Gasteiger partial charge in [0.15, 0.2) is 12.4 Å². The van der Waals surface area contributed by atoms with Crippen molar-refractivity contribution in [2.75, 3.05) is 25.8 Å². The van der Waals surface area contributed by atoms with Crippen molar-refractivity contribution in [1.29, 1.82) is 0 Å². The Kier molecular flexibility index (Phi) is 7.40. The molecule has 1 aromatic heterocycles. The van der Waals surface area contributed by atoms with E-state index in [1.165, 1.54) is 14.2 Å². The second-order valence-electron chi connectivity index (χ2n) is 7.49. The standard InChI is InChI=1S/C27H23N3O6/c1-34-22(31)17-36-25-23(26(32)29-30(27(33)35-2)19-13-7-4-8-14-19)20-15-9-10-16-21(20)28-24(25)18-11-5-3-6-12-18/h3-16H,17H2,1-2H3,(H,29,32). The highest BCUT2D eigenvalue weighted by Gasteiger charge is 2.27. The summed E-state index contributed by atoms with van der Waals surface area (Å²) in [6.45, 7) is -0.448. The Balaban J connectivity index is 1.89. The minimum atomic E-state index is -0.798. The lowest BCUT2D eigenvalue weighted by molar-refractivity contribution is -0.142. The highest BCUT2D eigenvalue weighted by molar-refractivity contribution is 6.12. The molecule has 0 radical (unpaired) electrons. The SMILES string of the molecule is COC(=O)COc1c(-c2ccccc2)nc2ccccc2c1C(=O)NN(C(=O)OC)c1ccccc1. The summed E-state index contributed by atoms with van der Waals surface area (Å²) in [5.41, 5.74) is 4.64. The van der Waals surface area contributed by atoms with Crippen LogP contribution in [-0.2, 0) is 14.3 Å². The number of hydrogen-bond donors (Lipinski definition) is 1. The summed E-state index contributed by atoms with van der Waals surface area (Å²) in [6, 6.07) is 24.7. The molecule has 0 aliphatic carbocycles. The van der Waals surface area contributed by atoms with E-state index in [-0.39, 0.29) is 11.3 Å². The number of rotatable bonds is 6. The number of carbonyl (C=O) groups excluding carboxylic acids is 3. The van der Waals surface area contributed by atoms with Crippen molar-refractivity contribution in [3.63, 3.8) is 0 Å². The fourth-order valence-electron chi connectivity index (χ4n) is 3.58. The molecule has 1 N–H and O–H groups in total. The normalized spacial score (nSPS) is 10.4. The van der Waals surface area contributed by atoms with Crippen LogP contribution >= 0.6 is 0 Å². The number of esters is 1. The van der Waals surface area contributed by atoms with E-state index in [9.17, 15) is 14.4 Å². The predicted octanol–water partition coefficient (Wildman–Crippen LogP) is 4.37. The topological polar surface area (TPSA) is 107 Å². The van der Waals surface area contributed by atoms with Crippen molar-refractivity contribution < 1.29 is 28.6 Å². The van der Waals surface area contributed by atoms with E-state index >= 15 is 0 Å². The average Bonchev–Trinajstić information content (AvgIpc) is 2.94. The molecule has 0 spiro atoms. The summed E-state index contributed by atoms with van der Waals surface area (Å²) < 4.78 is 15.4. The first-order valence-electron chi connectivity index (χ1n) is 11.0. The number of pyridine rings is 1. The molecule has 1 heterocycles. The smallest absolute Gasteiger partial charge is 0.433 e. The zero-order valence-electron chi connectivity index (χ0n) is 19.6. The Bertz CT molecular complexity index is 1390. The van der Waals surface area contributed by atoms with Gasteiger partial charge in [-0.25, -0.2) is 14.6 Å². The van der Waals surface area contributed by atoms with Crippen molar-refractivity contribution in [3.05, 3.63) is 90.5 Å². The molecule has 0 aliphatic rings. The zero-order chi connectivity index (χ0) is 25.5.